The van der Waals surface area contributed by atoms with Crippen molar-refractivity contribution in [2.24, 2.45) is 17.4 Å². The summed E-state index contributed by atoms with van der Waals surface area (Å²) >= 11 is 14.3. The van der Waals surface area contributed by atoms with Gasteiger partial charge in [-0.25, -0.2) is 4.79 Å². The van der Waals surface area contributed by atoms with E-state index < -0.39 is 237 Å². The fourth-order valence-electron chi connectivity index (χ4n) is 15.2. The second-order valence-corrected chi connectivity index (χ2v) is 31.3. The molecule has 33 nitrogen and oxygen atoms in total. The average Bonchev–Trinajstić information content (AvgIpc) is 0.766. The fourth-order valence-corrected chi connectivity index (χ4v) is 15.6. The molecule has 7 aromatic rings. The van der Waals surface area contributed by atoms with E-state index in [1.807, 2.05) is 12.1 Å². The standard InChI is InChI=1S/C82H93Cl2N9O24/c1-36(2)24-50(85)74(104)92-65-67(99)42-18-21-54(48(83)27-42)113-56-29-44-30-57(71(56)117-81-72(70(102)69(101)58(35-94)115-81)116-60-34-82(4,73(103)37(3)112-60)87-23-11-7-5-6-8-12-38-15-16-39-13-9-10-14-40(39)25-38)114-55-22-19-43(28-49(55)84)68(100)66-79(109)91-64(80(110)111)47-31-45(95)32-53(97)61(47)46-26-41(17-20-52(46)96)62(76(106)93-66)90-77(107)63(44)89-75(105)51(33-59(86)98)88-78(65)108/h9-10,13-22,25-32,36-37,50-51,58,60,62-70,72-73,81,87,94-97,99-103H,5-8,11-12,23-24,33-35,85H2,1-4H3,(H2,86,98)(H,88,108)(H,89,105)(H,90,107)(H,91,109)(H,92,104)(H,93,106)(H,110,111)/t37-,50+,51-,58+,60-,62+,63+,64-,65+,66-,67+,68+,69+,70-,72+,73+,81-,82-/m0/s1. The summed E-state index contributed by atoms with van der Waals surface area (Å²) in [7, 11) is 0. The second kappa shape index (κ2) is 36.6. The van der Waals surface area contributed by atoms with Crippen molar-refractivity contribution >= 4 is 81.3 Å². The van der Waals surface area contributed by atoms with Crippen LogP contribution in [0.4, 0.5) is 0 Å². The third-order valence-corrected chi connectivity index (χ3v) is 22.0. The molecule has 7 aliphatic rings. The molecule has 0 spiro atoms. The molecule has 0 aromatic heterocycles. The molecule has 7 heterocycles. The first-order valence-electron chi connectivity index (χ1n) is 38.1. The highest BCUT2D eigenvalue weighted by molar-refractivity contribution is 6.32. The molecule has 0 radical (unpaired) electrons. The highest BCUT2D eigenvalue weighted by Crippen LogP contribution is 2.50. The van der Waals surface area contributed by atoms with E-state index in [4.69, 9.17) is 63.1 Å². The largest absolute Gasteiger partial charge is 0.508 e. The number of carbonyl (C=O) groups excluding carboxylic acids is 7. The van der Waals surface area contributed by atoms with Crippen LogP contribution >= 0.6 is 23.2 Å². The Bertz CT molecular complexity index is 4930. The Morgan fingerprint density at radius 3 is 1.95 bits per heavy atom. The predicted molar refractivity (Wildman–Crippen MR) is 419 cm³/mol. The van der Waals surface area contributed by atoms with Crippen LogP contribution in [0.5, 0.6) is 46.0 Å². The number of carboxylic acids is 1. The molecule has 2 saturated heterocycles. The molecule has 35 heteroatoms. The van der Waals surface area contributed by atoms with Gasteiger partial charge in [-0.15, -0.1) is 0 Å². The number of carbonyl (C=O) groups is 8. The first-order chi connectivity index (χ1) is 55.7. The number of amides is 7. The highest BCUT2D eigenvalue weighted by atomic mass is 35.5. The van der Waals surface area contributed by atoms with Gasteiger partial charge in [0.15, 0.2) is 29.9 Å². The van der Waals surface area contributed by atoms with E-state index in [0.29, 0.717) is 6.54 Å². The number of aryl methyl sites for hydroxylation is 1. The van der Waals surface area contributed by atoms with Gasteiger partial charge < -0.3 is 128 Å². The first kappa shape index (κ1) is 85.9. The number of phenols is 3. The van der Waals surface area contributed by atoms with E-state index in [-0.39, 0.29) is 46.2 Å². The summed E-state index contributed by atoms with van der Waals surface area (Å²) in [4.78, 5) is 117. The number of phenolic OH excluding ortho intramolecular Hbond substituents is 3. The van der Waals surface area contributed by atoms with Crippen molar-refractivity contribution in [1.29, 1.82) is 0 Å². The summed E-state index contributed by atoms with van der Waals surface area (Å²) in [6.45, 7) is 6.39. The molecule has 0 saturated carbocycles. The van der Waals surface area contributed by atoms with Crippen LogP contribution in [0.15, 0.2) is 121 Å². The third kappa shape index (κ3) is 19.4. The Morgan fingerprint density at radius 1 is 0.658 bits per heavy atom. The van der Waals surface area contributed by atoms with Crippen LogP contribution in [0, 0.1) is 5.92 Å². The van der Waals surface area contributed by atoms with Crippen LogP contribution in [0.1, 0.15) is 143 Å². The number of aliphatic hydroxyl groups excluding tert-OH is 6. The van der Waals surface area contributed by atoms with Gasteiger partial charge in [0.2, 0.25) is 53.4 Å². The number of fused-ring (bicyclic) bond motifs is 16. The number of aliphatic hydroxyl groups is 6. The summed E-state index contributed by atoms with van der Waals surface area (Å²) in [5, 5.41) is 136. The molecule has 0 aliphatic carbocycles. The average molecular weight is 1660 g/mol. The van der Waals surface area contributed by atoms with E-state index in [9.17, 15) is 75.0 Å². The number of halogens is 2. The minimum absolute atomic E-state index is 0.0736. The summed E-state index contributed by atoms with van der Waals surface area (Å²) in [6.07, 6.45) is -13.0. The van der Waals surface area contributed by atoms with Gasteiger partial charge in [0.05, 0.1) is 41.3 Å². The Hall–Kier alpha value is -10.5. The number of nitrogens with one attached hydrogen (secondary N) is 7. The molecule has 2 fully saturated rings. The monoisotopic (exact) mass is 1660 g/mol. The number of nitrogens with two attached hydrogens (primary N) is 2. The van der Waals surface area contributed by atoms with Gasteiger partial charge in [-0.05, 0) is 145 Å². The molecule has 7 aromatic carbocycles. The van der Waals surface area contributed by atoms with Crippen LogP contribution in [0.25, 0.3) is 21.9 Å². The number of hydrogen-bond donors (Lipinski definition) is 19. The molecule has 624 valence electrons. The van der Waals surface area contributed by atoms with Crippen molar-refractivity contribution < 1.29 is 118 Å². The molecular weight excluding hydrogens is 1570 g/mol. The van der Waals surface area contributed by atoms with Crippen LogP contribution in [0.2, 0.25) is 10.0 Å². The number of benzene rings is 7. The zero-order valence-electron chi connectivity index (χ0n) is 63.8. The maximum atomic E-state index is 16.2. The lowest BCUT2D eigenvalue weighted by molar-refractivity contribution is -0.334. The summed E-state index contributed by atoms with van der Waals surface area (Å²) in [5.41, 5.74) is 9.33. The van der Waals surface area contributed by atoms with Gasteiger partial charge in [0, 0.05) is 34.7 Å². The van der Waals surface area contributed by atoms with Crippen LogP contribution in [-0.4, -0.2) is 190 Å². The van der Waals surface area contributed by atoms with E-state index in [2.05, 4.69) is 67.5 Å². The molecule has 117 heavy (non-hydrogen) atoms. The number of primary amides is 1. The van der Waals surface area contributed by atoms with Crippen molar-refractivity contribution in [3.63, 3.8) is 0 Å². The minimum atomic E-state index is -2.36. The number of rotatable bonds is 21. The van der Waals surface area contributed by atoms with Gasteiger partial charge in [-0.1, -0.05) is 117 Å². The molecule has 7 aliphatic heterocycles. The number of hydrogen-bond acceptors (Lipinski definition) is 25. The fraction of sp³-hybridized carbons (Fsp3) is 0.415. The molecule has 11 bridgehead atoms. The normalized spacial score (nSPS) is 27.0. The van der Waals surface area contributed by atoms with Crippen molar-refractivity contribution in [2.45, 2.75) is 195 Å². The topological polar surface area (TPSA) is 530 Å². The van der Waals surface area contributed by atoms with Crippen LogP contribution in [0.3, 0.4) is 0 Å². The molecule has 0 unspecified atom stereocenters. The number of unbranched alkanes of at least 4 members (excludes halogenated alkanes) is 4. The SMILES string of the molecule is CC(C)C[C@@H](N)C(=O)N[C@H]1C(=O)N[C@@H](CC(N)=O)C(=O)N[C@H]2C(=O)N[C@H]3C(=O)N[C@H](C(=O)N[C@H](C(=O)O)c4cc(O)cc(O)c4-c4cc3ccc4O)[C@H](O)c3ccc(c(Cl)c3)Oc3cc2cc(c3O[C@@H]2O[C@H](CO)[C@@H](O)[C@H](O)[C@H]2O[C@H]2C[C@](C)(NCCCCCCCc3ccc4ccccc4c3)[C@H](O)[C@H](C)O2)Oc2ccc(cc2Cl)[C@H]1O. The lowest BCUT2D eigenvalue weighted by atomic mass is 9.84. The third-order valence-electron chi connectivity index (χ3n) is 21.4. The Kier molecular flexibility index (Phi) is 26.8. The number of aromatic hydroxyl groups is 3. The van der Waals surface area contributed by atoms with Gasteiger partial charge in [-0.3, -0.25) is 33.6 Å². The van der Waals surface area contributed by atoms with E-state index in [1.165, 1.54) is 28.5 Å². The van der Waals surface area contributed by atoms with E-state index >= 15 is 14.4 Å². The first-order valence-corrected chi connectivity index (χ1v) is 38.9. The van der Waals surface area contributed by atoms with Crippen LogP contribution < -0.4 is 62.9 Å². The lowest BCUT2D eigenvalue weighted by Gasteiger charge is -2.48. The maximum absolute atomic E-state index is 16.2. The molecule has 18 atom stereocenters. The maximum Gasteiger partial charge on any atom is 0.330 e. The molecule has 21 N–H and O–H groups in total. The Morgan fingerprint density at radius 2 is 1.29 bits per heavy atom. The van der Waals surface area contributed by atoms with Crippen molar-refractivity contribution in [1.82, 2.24) is 37.2 Å². The Balaban J connectivity index is 0.984. The smallest absolute Gasteiger partial charge is 0.330 e. The molecular formula is C82H93Cl2N9O24. The summed E-state index contributed by atoms with van der Waals surface area (Å²) < 4.78 is 39.5. The van der Waals surface area contributed by atoms with Crippen molar-refractivity contribution in [3.8, 4) is 57.1 Å². The van der Waals surface area contributed by atoms with Gasteiger partial charge in [-0.2, -0.15) is 0 Å². The number of carboxylic acid groups (broad SMARTS) is 1. The predicted octanol–water partition coefficient (Wildman–Crippen LogP) is 4.82. The van der Waals surface area contributed by atoms with Crippen molar-refractivity contribution in [3.05, 3.63) is 165 Å². The van der Waals surface area contributed by atoms with E-state index in [1.54, 1.807) is 27.7 Å². The highest BCUT2D eigenvalue weighted by Gasteiger charge is 2.52. The number of ether oxygens (including phenoxy) is 6. The van der Waals surface area contributed by atoms with Gasteiger partial charge >= 0.3 is 5.97 Å². The minimum Gasteiger partial charge on any atom is -0.508 e. The van der Waals surface area contributed by atoms with Crippen LogP contribution in [-0.2, 0) is 59.0 Å². The number of aliphatic carboxylic acids is 1. The summed E-state index contributed by atoms with van der Waals surface area (Å²) in [5.74, 6) is -16.2. The van der Waals surface area contributed by atoms with E-state index in [0.717, 1.165) is 105 Å². The zero-order valence-corrected chi connectivity index (χ0v) is 65.3. The van der Waals surface area contributed by atoms with Crippen molar-refractivity contribution in [2.75, 3.05) is 13.2 Å². The van der Waals surface area contributed by atoms with Gasteiger partial charge in [0.1, 0.15) is 89.5 Å². The second-order valence-electron chi connectivity index (χ2n) is 30.5. The molecule has 7 amide bonds. The quantitative estimate of drug-likeness (QED) is 0.0429. The summed E-state index contributed by atoms with van der Waals surface area (Å²) in [6, 6.07) is 13.7. The zero-order chi connectivity index (χ0) is 84.2. The Labute approximate surface area is 680 Å². The molecule has 14 rings (SSSR count). The van der Waals surface area contributed by atoms with Gasteiger partial charge in [0.25, 0.3) is 0 Å². The lowest BCUT2D eigenvalue weighted by Crippen LogP contribution is -2.65.